The van der Waals surface area contributed by atoms with Crippen LogP contribution in [0.2, 0.25) is 5.15 Å². The van der Waals surface area contributed by atoms with Crippen LogP contribution in [0.5, 0.6) is 11.8 Å². The molecule has 0 spiro atoms. The van der Waals surface area contributed by atoms with Gasteiger partial charge in [0.15, 0.2) is 5.69 Å². The zero-order chi connectivity index (χ0) is 31.5. The Hall–Kier alpha value is -4.01. The molecule has 0 saturated carbocycles. The topological polar surface area (TPSA) is 134 Å². The molecule has 2 aliphatic heterocycles. The number of nitrogens with zero attached hydrogens (tertiary/aromatic N) is 9. The zero-order valence-electron chi connectivity index (χ0n) is 25.9. The summed E-state index contributed by atoms with van der Waals surface area (Å²) in [6.45, 7) is 10.8. The monoisotopic (exact) mass is 626 g/mol. The van der Waals surface area contributed by atoms with Crippen molar-refractivity contribution in [1.29, 1.82) is 0 Å². The molecule has 15 heteroatoms. The standard InChI is InChI=1S/C29H39ClN10O4/c1-7-44-29-31-14-20(26(30)33-29)27(41)32-21-12-24(25(43-6)13-23(21)39-15-18(2)37(5)19(3)16-39)40-17-22(34-35-40)28(42)38-10-8-36(4)9-11-38/h12-14,17-19H,7-11,15-16H2,1-6H3,(H,32,41)/t18-,19+. The number of rotatable bonds is 8. The molecule has 5 rings (SSSR count). The third-order valence-corrected chi connectivity index (χ3v) is 8.52. The highest BCUT2D eigenvalue weighted by atomic mass is 35.5. The van der Waals surface area contributed by atoms with E-state index in [0.29, 0.717) is 36.8 Å². The van der Waals surface area contributed by atoms with Crippen LogP contribution in [0.3, 0.4) is 0 Å². The van der Waals surface area contributed by atoms with E-state index in [1.807, 2.05) is 13.1 Å². The average molecular weight is 627 g/mol. The highest BCUT2D eigenvalue weighted by molar-refractivity contribution is 6.33. The summed E-state index contributed by atoms with van der Waals surface area (Å²) in [5.74, 6) is -0.169. The molecule has 2 aliphatic rings. The molecule has 14 nitrogen and oxygen atoms in total. The van der Waals surface area contributed by atoms with Crippen molar-refractivity contribution in [1.82, 2.24) is 39.7 Å². The van der Waals surface area contributed by atoms with Crippen LogP contribution in [-0.4, -0.2) is 131 Å². The molecular weight excluding hydrogens is 588 g/mol. The fourth-order valence-corrected chi connectivity index (χ4v) is 5.61. The van der Waals surface area contributed by atoms with E-state index in [1.54, 1.807) is 31.2 Å². The Labute approximate surface area is 261 Å². The molecule has 1 N–H and O–H groups in total. The molecule has 2 fully saturated rings. The number of hydrogen-bond donors (Lipinski definition) is 1. The quantitative estimate of drug-likeness (QED) is 0.369. The van der Waals surface area contributed by atoms with Crippen LogP contribution < -0.4 is 19.7 Å². The molecule has 3 aromatic rings. The minimum absolute atomic E-state index is 0.0265. The first kappa shape index (κ1) is 31.4. The number of carbonyl (C=O) groups excluding carboxylic acids is 2. The van der Waals surface area contributed by atoms with E-state index in [4.69, 9.17) is 21.1 Å². The van der Waals surface area contributed by atoms with Crippen LogP contribution in [0.4, 0.5) is 11.4 Å². The second kappa shape index (κ2) is 13.3. The Morgan fingerprint density at radius 3 is 2.41 bits per heavy atom. The number of hydrogen-bond acceptors (Lipinski definition) is 11. The number of nitrogens with one attached hydrogen (secondary N) is 1. The van der Waals surface area contributed by atoms with Gasteiger partial charge < -0.3 is 29.5 Å². The van der Waals surface area contributed by atoms with Gasteiger partial charge in [0.1, 0.15) is 16.6 Å². The molecule has 2 amide bonds. The van der Waals surface area contributed by atoms with Crippen molar-refractivity contribution in [3.8, 4) is 17.4 Å². The zero-order valence-corrected chi connectivity index (χ0v) is 26.7. The minimum atomic E-state index is -0.491. The Bertz CT molecular complexity index is 1500. The maximum Gasteiger partial charge on any atom is 0.317 e. The van der Waals surface area contributed by atoms with Crippen LogP contribution in [-0.2, 0) is 0 Å². The van der Waals surface area contributed by atoms with Crippen LogP contribution in [0.15, 0.2) is 24.5 Å². The molecule has 236 valence electrons. The number of piperazine rings is 2. The van der Waals surface area contributed by atoms with E-state index < -0.39 is 5.91 Å². The summed E-state index contributed by atoms with van der Waals surface area (Å²) in [5.41, 5.74) is 2.09. The number of carbonyl (C=O) groups is 2. The normalized spacial score (nSPS) is 19.6. The van der Waals surface area contributed by atoms with Crippen LogP contribution in [0, 0.1) is 0 Å². The van der Waals surface area contributed by atoms with Gasteiger partial charge in [-0.2, -0.15) is 4.98 Å². The fraction of sp³-hybridized carbons (Fsp3) is 0.517. The lowest BCUT2D eigenvalue weighted by atomic mass is 10.1. The van der Waals surface area contributed by atoms with Crippen molar-refractivity contribution in [3.05, 3.63) is 40.9 Å². The Morgan fingerprint density at radius 2 is 1.77 bits per heavy atom. The highest BCUT2D eigenvalue weighted by Crippen LogP contribution is 2.38. The van der Waals surface area contributed by atoms with Crippen molar-refractivity contribution >= 4 is 34.8 Å². The molecule has 44 heavy (non-hydrogen) atoms. The number of likely N-dealkylation sites (N-methyl/N-ethyl adjacent to an activating group) is 2. The number of anilines is 2. The Kier molecular flexibility index (Phi) is 9.51. The summed E-state index contributed by atoms with van der Waals surface area (Å²) in [4.78, 5) is 43.4. The molecule has 2 atom stereocenters. The van der Waals surface area contributed by atoms with Gasteiger partial charge in [0.2, 0.25) is 0 Å². The van der Waals surface area contributed by atoms with Crippen molar-refractivity contribution < 1.29 is 19.1 Å². The maximum absolute atomic E-state index is 13.6. The smallest absolute Gasteiger partial charge is 0.317 e. The summed E-state index contributed by atoms with van der Waals surface area (Å²) in [6, 6.07) is 4.26. The first-order valence-electron chi connectivity index (χ1n) is 14.7. The number of amides is 2. The van der Waals surface area contributed by atoms with Gasteiger partial charge in [-0.25, -0.2) is 9.67 Å². The summed E-state index contributed by atoms with van der Waals surface area (Å²) < 4.78 is 12.6. The van der Waals surface area contributed by atoms with E-state index in [1.165, 1.54) is 10.9 Å². The molecular formula is C29H39ClN10O4. The van der Waals surface area contributed by atoms with Gasteiger partial charge in [-0.05, 0) is 40.9 Å². The largest absolute Gasteiger partial charge is 0.494 e. The van der Waals surface area contributed by atoms with Gasteiger partial charge in [0, 0.05) is 63.6 Å². The van der Waals surface area contributed by atoms with E-state index in [2.05, 4.69) is 61.2 Å². The van der Waals surface area contributed by atoms with E-state index in [0.717, 1.165) is 31.9 Å². The second-order valence-corrected chi connectivity index (χ2v) is 11.6. The molecule has 1 aromatic carbocycles. The third kappa shape index (κ3) is 6.56. The highest BCUT2D eigenvalue weighted by Gasteiger charge is 2.30. The van der Waals surface area contributed by atoms with E-state index in [9.17, 15) is 9.59 Å². The SMILES string of the molecule is CCOc1ncc(C(=O)Nc2cc(-n3cc(C(=O)N4CCN(C)CC4)nn3)c(OC)cc2N2C[C@@H](C)N(C)[C@@H](C)C2)c(Cl)n1. The summed E-state index contributed by atoms with van der Waals surface area (Å²) in [5, 5.41) is 11.4. The molecule has 0 aliphatic carbocycles. The van der Waals surface area contributed by atoms with E-state index >= 15 is 0 Å². The predicted molar refractivity (Wildman–Crippen MR) is 166 cm³/mol. The molecule has 0 radical (unpaired) electrons. The van der Waals surface area contributed by atoms with Crippen molar-refractivity contribution in [2.45, 2.75) is 32.9 Å². The maximum atomic E-state index is 13.6. The lowest BCUT2D eigenvalue weighted by Crippen LogP contribution is -2.55. The number of halogens is 1. The minimum Gasteiger partial charge on any atom is -0.494 e. The number of methoxy groups -OCH3 is 1. The van der Waals surface area contributed by atoms with Gasteiger partial charge in [0.05, 0.1) is 36.9 Å². The molecule has 0 bridgehead atoms. The first-order chi connectivity index (χ1) is 21.1. The van der Waals surface area contributed by atoms with Crippen molar-refractivity contribution in [2.24, 2.45) is 0 Å². The average Bonchev–Trinajstić information content (AvgIpc) is 3.50. The lowest BCUT2D eigenvalue weighted by molar-refractivity contribution is 0.0658. The first-order valence-corrected chi connectivity index (χ1v) is 15.0. The number of benzene rings is 1. The Balaban J connectivity index is 1.51. The van der Waals surface area contributed by atoms with Gasteiger partial charge >= 0.3 is 6.01 Å². The number of aromatic nitrogens is 5. The van der Waals surface area contributed by atoms with Gasteiger partial charge in [-0.1, -0.05) is 16.8 Å². The van der Waals surface area contributed by atoms with Crippen LogP contribution in [0.1, 0.15) is 41.6 Å². The molecule has 2 saturated heterocycles. The van der Waals surface area contributed by atoms with Gasteiger partial charge in [-0.15, -0.1) is 5.10 Å². The molecule has 4 heterocycles. The van der Waals surface area contributed by atoms with Crippen LogP contribution >= 0.6 is 11.6 Å². The predicted octanol–water partition coefficient (Wildman–Crippen LogP) is 2.29. The third-order valence-electron chi connectivity index (χ3n) is 8.23. The van der Waals surface area contributed by atoms with Crippen LogP contribution in [0.25, 0.3) is 5.69 Å². The fourth-order valence-electron chi connectivity index (χ4n) is 5.40. The summed E-state index contributed by atoms with van der Waals surface area (Å²) >= 11 is 6.36. The van der Waals surface area contributed by atoms with Gasteiger partial charge in [-0.3, -0.25) is 14.5 Å². The molecule has 2 aromatic heterocycles. The molecule has 0 unspecified atom stereocenters. The summed E-state index contributed by atoms with van der Waals surface area (Å²) in [6.07, 6.45) is 2.92. The van der Waals surface area contributed by atoms with Gasteiger partial charge in [0.25, 0.3) is 11.8 Å². The van der Waals surface area contributed by atoms with E-state index in [-0.39, 0.29) is 40.4 Å². The van der Waals surface area contributed by atoms with Crippen molar-refractivity contribution in [3.63, 3.8) is 0 Å². The lowest BCUT2D eigenvalue weighted by Gasteiger charge is -2.44. The second-order valence-electron chi connectivity index (χ2n) is 11.2. The number of ether oxygens (including phenoxy) is 2. The van der Waals surface area contributed by atoms with Crippen molar-refractivity contribution in [2.75, 3.05) is 77.3 Å². The Morgan fingerprint density at radius 1 is 1.07 bits per heavy atom. The summed E-state index contributed by atoms with van der Waals surface area (Å²) in [7, 11) is 5.71.